The van der Waals surface area contributed by atoms with Gasteiger partial charge in [-0.05, 0) is 48.0 Å². The summed E-state index contributed by atoms with van der Waals surface area (Å²) in [5.74, 6) is 1.23. The first-order chi connectivity index (χ1) is 11.5. The standard InChI is InChI=1S/C16H17BrN4O3/c1-4-20-14-12(15(22)21(5-2)16(20)23)18-13(19-14)9-6-7-11(24-3)10(17)8-9/h6-8H,4-5H2,1-3H3,(H,18,19). The van der Waals surface area contributed by atoms with Crippen molar-refractivity contribution in [2.24, 2.45) is 0 Å². The molecule has 1 aromatic carbocycles. The summed E-state index contributed by atoms with van der Waals surface area (Å²) in [4.78, 5) is 32.4. The van der Waals surface area contributed by atoms with Crippen LogP contribution >= 0.6 is 15.9 Å². The lowest BCUT2D eigenvalue weighted by atomic mass is 10.2. The third-order valence-electron chi connectivity index (χ3n) is 3.92. The van der Waals surface area contributed by atoms with Crippen LogP contribution in [0.25, 0.3) is 22.6 Å². The predicted molar refractivity (Wildman–Crippen MR) is 95.6 cm³/mol. The van der Waals surface area contributed by atoms with Crippen molar-refractivity contribution in [1.29, 1.82) is 0 Å². The predicted octanol–water partition coefficient (Wildman–Crippen LogP) is 2.36. The minimum absolute atomic E-state index is 0.316. The Balaban J connectivity index is 2.29. The van der Waals surface area contributed by atoms with Crippen molar-refractivity contribution in [3.63, 3.8) is 0 Å². The summed E-state index contributed by atoms with van der Waals surface area (Å²) in [6.45, 7) is 4.37. The molecule has 0 aliphatic carbocycles. The van der Waals surface area contributed by atoms with Gasteiger partial charge in [-0.2, -0.15) is 0 Å². The Kier molecular flexibility index (Phi) is 4.31. The van der Waals surface area contributed by atoms with E-state index in [4.69, 9.17) is 4.74 Å². The van der Waals surface area contributed by atoms with Crippen LogP contribution in [0.3, 0.4) is 0 Å². The van der Waals surface area contributed by atoms with Crippen molar-refractivity contribution in [3.05, 3.63) is 43.5 Å². The molecule has 0 amide bonds. The number of ether oxygens (including phenoxy) is 1. The molecule has 3 rings (SSSR count). The fourth-order valence-corrected chi connectivity index (χ4v) is 3.22. The normalized spacial score (nSPS) is 11.2. The van der Waals surface area contributed by atoms with E-state index in [0.717, 1.165) is 10.0 Å². The van der Waals surface area contributed by atoms with Crippen molar-refractivity contribution < 1.29 is 4.74 Å². The van der Waals surface area contributed by atoms with Crippen LogP contribution in [0.15, 0.2) is 32.3 Å². The highest BCUT2D eigenvalue weighted by Gasteiger charge is 2.17. The maximum absolute atomic E-state index is 12.5. The zero-order valence-corrected chi connectivity index (χ0v) is 15.2. The maximum Gasteiger partial charge on any atom is 0.332 e. The number of halogens is 1. The van der Waals surface area contributed by atoms with Crippen molar-refractivity contribution >= 4 is 27.1 Å². The lowest BCUT2D eigenvalue weighted by molar-refractivity contribution is 0.412. The van der Waals surface area contributed by atoms with Gasteiger partial charge < -0.3 is 9.72 Å². The van der Waals surface area contributed by atoms with Gasteiger partial charge in [0.05, 0.1) is 11.6 Å². The smallest absolute Gasteiger partial charge is 0.332 e. The number of nitrogens with zero attached hydrogens (tertiary/aromatic N) is 3. The van der Waals surface area contributed by atoms with E-state index in [1.807, 2.05) is 25.1 Å². The van der Waals surface area contributed by atoms with Crippen LogP contribution in [0.5, 0.6) is 5.75 Å². The summed E-state index contributed by atoms with van der Waals surface area (Å²) >= 11 is 3.44. The van der Waals surface area contributed by atoms with E-state index in [-0.39, 0.29) is 11.2 Å². The van der Waals surface area contributed by atoms with Gasteiger partial charge in [-0.15, -0.1) is 0 Å². The Morgan fingerprint density at radius 1 is 1.21 bits per heavy atom. The molecule has 0 aliphatic heterocycles. The lowest BCUT2D eigenvalue weighted by Gasteiger charge is -2.06. The summed E-state index contributed by atoms with van der Waals surface area (Å²) in [5.41, 5.74) is 0.802. The molecule has 0 saturated carbocycles. The third-order valence-corrected chi connectivity index (χ3v) is 4.54. The number of benzene rings is 1. The molecule has 0 aliphatic rings. The largest absolute Gasteiger partial charge is 0.496 e. The highest BCUT2D eigenvalue weighted by molar-refractivity contribution is 9.10. The van der Waals surface area contributed by atoms with Gasteiger partial charge in [-0.1, -0.05) is 0 Å². The van der Waals surface area contributed by atoms with Crippen molar-refractivity contribution in [1.82, 2.24) is 19.1 Å². The summed E-state index contributed by atoms with van der Waals surface area (Å²) in [6.07, 6.45) is 0. The topological polar surface area (TPSA) is 81.9 Å². The SMILES string of the molecule is CCn1c(=O)c2[nH]c(-c3ccc(OC)c(Br)c3)nc2n(CC)c1=O. The van der Waals surface area contributed by atoms with Gasteiger partial charge >= 0.3 is 5.69 Å². The van der Waals surface area contributed by atoms with Crippen LogP contribution in [-0.4, -0.2) is 26.2 Å². The Bertz CT molecular complexity index is 1030. The second-order valence-corrected chi connectivity index (χ2v) is 6.06. The minimum atomic E-state index is -0.353. The molecule has 0 fully saturated rings. The number of aromatic amines is 1. The molecule has 126 valence electrons. The Morgan fingerprint density at radius 3 is 2.50 bits per heavy atom. The van der Waals surface area contributed by atoms with E-state index in [0.29, 0.717) is 35.8 Å². The fourth-order valence-electron chi connectivity index (χ4n) is 2.68. The number of H-pyrrole nitrogens is 1. The van der Waals surface area contributed by atoms with E-state index in [2.05, 4.69) is 25.9 Å². The zero-order chi connectivity index (χ0) is 17.4. The highest BCUT2D eigenvalue weighted by Crippen LogP contribution is 2.29. The molecular weight excluding hydrogens is 376 g/mol. The Labute approximate surface area is 146 Å². The van der Waals surface area contributed by atoms with E-state index in [1.165, 1.54) is 9.13 Å². The first-order valence-electron chi connectivity index (χ1n) is 7.59. The average Bonchev–Trinajstić information content (AvgIpc) is 3.01. The number of aryl methyl sites for hydroxylation is 1. The number of rotatable bonds is 4. The molecule has 1 N–H and O–H groups in total. The van der Waals surface area contributed by atoms with E-state index < -0.39 is 0 Å². The van der Waals surface area contributed by atoms with Crippen LogP contribution in [0.4, 0.5) is 0 Å². The zero-order valence-electron chi connectivity index (χ0n) is 13.6. The third kappa shape index (κ3) is 2.47. The molecule has 8 heteroatoms. The molecule has 7 nitrogen and oxygen atoms in total. The minimum Gasteiger partial charge on any atom is -0.496 e. The maximum atomic E-state index is 12.5. The number of hydrogen-bond donors (Lipinski definition) is 1. The summed E-state index contributed by atoms with van der Waals surface area (Å²) in [5, 5.41) is 0. The number of methoxy groups -OCH3 is 1. The van der Waals surface area contributed by atoms with Gasteiger partial charge in [0.2, 0.25) is 0 Å². The summed E-state index contributed by atoms with van der Waals surface area (Å²) < 4.78 is 8.70. The van der Waals surface area contributed by atoms with E-state index in [9.17, 15) is 9.59 Å². The summed E-state index contributed by atoms with van der Waals surface area (Å²) in [6, 6.07) is 5.50. The molecule has 0 bridgehead atoms. The number of imidazole rings is 1. The van der Waals surface area contributed by atoms with Gasteiger partial charge in [-0.25, -0.2) is 9.78 Å². The quantitative estimate of drug-likeness (QED) is 0.738. The van der Waals surface area contributed by atoms with Gasteiger partial charge in [0.15, 0.2) is 5.65 Å². The monoisotopic (exact) mass is 392 g/mol. The average molecular weight is 393 g/mol. The number of fused-ring (bicyclic) bond motifs is 1. The Hall–Kier alpha value is -2.35. The van der Waals surface area contributed by atoms with E-state index in [1.54, 1.807) is 14.0 Å². The van der Waals surface area contributed by atoms with E-state index >= 15 is 0 Å². The van der Waals surface area contributed by atoms with Crippen LogP contribution in [0, 0.1) is 0 Å². The van der Waals surface area contributed by atoms with Crippen LogP contribution in [0.1, 0.15) is 13.8 Å². The first-order valence-corrected chi connectivity index (χ1v) is 8.38. The van der Waals surface area contributed by atoms with Gasteiger partial charge in [0.1, 0.15) is 17.1 Å². The van der Waals surface area contributed by atoms with Crippen LogP contribution < -0.4 is 16.0 Å². The fraction of sp³-hybridized carbons (Fsp3) is 0.312. The molecule has 2 heterocycles. The molecule has 0 atom stereocenters. The van der Waals surface area contributed by atoms with Crippen LogP contribution in [0.2, 0.25) is 0 Å². The van der Waals surface area contributed by atoms with Gasteiger partial charge in [-0.3, -0.25) is 13.9 Å². The van der Waals surface area contributed by atoms with Crippen molar-refractivity contribution in [2.75, 3.05) is 7.11 Å². The molecule has 2 aromatic heterocycles. The highest BCUT2D eigenvalue weighted by atomic mass is 79.9. The molecular formula is C16H17BrN4O3. The molecule has 24 heavy (non-hydrogen) atoms. The summed E-state index contributed by atoms with van der Waals surface area (Å²) in [7, 11) is 1.59. The second-order valence-electron chi connectivity index (χ2n) is 5.21. The van der Waals surface area contributed by atoms with Crippen molar-refractivity contribution in [2.45, 2.75) is 26.9 Å². The number of aromatic nitrogens is 4. The van der Waals surface area contributed by atoms with Crippen molar-refractivity contribution in [3.8, 4) is 17.1 Å². The molecule has 0 unspecified atom stereocenters. The molecule has 0 saturated heterocycles. The van der Waals surface area contributed by atoms with Gasteiger partial charge in [0, 0.05) is 18.7 Å². The molecule has 0 radical (unpaired) electrons. The second kappa shape index (κ2) is 6.27. The first kappa shape index (κ1) is 16.5. The molecule has 3 aromatic rings. The van der Waals surface area contributed by atoms with Crippen LogP contribution in [-0.2, 0) is 13.1 Å². The number of hydrogen-bond acceptors (Lipinski definition) is 4. The van der Waals surface area contributed by atoms with Gasteiger partial charge in [0.25, 0.3) is 5.56 Å². The molecule has 0 spiro atoms. The number of nitrogens with one attached hydrogen (secondary N) is 1. The Morgan fingerprint density at radius 2 is 1.92 bits per heavy atom. The lowest BCUT2D eigenvalue weighted by Crippen LogP contribution is -2.39.